The highest BCUT2D eigenvalue weighted by Crippen LogP contribution is 2.40. The van der Waals surface area contributed by atoms with Crippen LogP contribution in [0.1, 0.15) is 25.1 Å². The van der Waals surface area contributed by atoms with Gasteiger partial charge in [-0.25, -0.2) is 4.85 Å². The third kappa shape index (κ3) is 2.30. The van der Waals surface area contributed by atoms with E-state index in [4.69, 9.17) is 13.7 Å². The molecule has 0 aliphatic rings. The van der Waals surface area contributed by atoms with Gasteiger partial charge in [-0.2, -0.15) is 4.57 Å². The van der Waals surface area contributed by atoms with Gasteiger partial charge in [-0.05, 0) is 43.5 Å². The standard InChI is InChI=1S/C23H21N2O/c1-13-9-16(4)25(6)19(10-13)22-15(3)11-14(2)21-18-8-7-17(24-5)12-20(18)26-23(21)22/h7-12H,1-4,6H3/q+1/i9D,10D. The first-order chi connectivity index (χ1) is 13.3. The Morgan fingerprint density at radius 2 is 1.85 bits per heavy atom. The zero-order chi connectivity index (χ0) is 20.3. The Morgan fingerprint density at radius 1 is 1.08 bits per heavy atom. The highest BCUT2D eigenvalue weighted by Gasteiger charge is 2.23. The molecular formula is C23H21N2O+. The molecule has 0 spiro atoms. The highest BCUT2D eigenvalue weighted by atomic mass is 16.3. The van der Waals surface area contributed by atoms with Crippen molar-refractivity contribution < 1.29 is 11.7 Å². The van der Waals surface area contributed by atoms with Crippen molar-refractivity contribution in [2.24, 2.45) is 7.05 Å². The molecule has 3 nitrogen and oxygen atoms in total. The van der Waals surface area contributed by atoms with Crippen LogP contribution in [-0.2, 0) is 7.05 Å². The van der Waals surface area contributed by atoms with E-state index >= 15 is 0 Å². The van der Waals surface area contributed by atoms with E-state index < -0.39 is 0 Å². The summed E-state index contributed by atoms with van der Waals surface area (Å²) >= 11 is 0. The molecule has 2 aromatic heterocycles. The first-order valence-corrected chi connectivity index (χ1v) is 8.57. The van der Waals surface area contributed by atoms with Crippen molar-refractivity contribution in [3.63, 3.8) is 0 Å². The summed E-state index contributed by atoms with van der Waals surface area (Å²) in [6.45, 7) is 15.1. The Hall–Kier alpha value is -3.12. The molecule has 0 radical (unpaired) electrons. The maximum absolute atomic E-state index is 8.71. The van der Waals surface area contributed by atoms with Crippen LogP contribution in [0.2, 0.25) is 0 Å². The lowest BCUT2D eigenvalue weighted by Gasteiger charge is -2.09. The average molecular weight is 343 g/mol. The number of benzene rings is 2. The first-order valence-electron chi connectivity index (χ1n) is 9.57. The van der Waals surface area contributed by atoms with E-state index in [1.807, 2.05) is 44.5 Å². The molecule has 2 heterocycles. The molecule has 0 bridgehead atoms. The fraction of sp³-hybridized carbons (Fsp3) is 0.217. The van der Waals surface area contributed by atoms with Crippen molar-refractivity contribution in [3.8, 4) is 11.3 Å². The molecule has 0 fully saturated rings. The zero-order valence-electron chi connectivity index (χ0n) is 17.6. The van der Waals surface area contributed by atoms with E-state index in [0.29, 0.717) is 28.9 Å². The molecule has 0 unspecified atom stereocenters. The number of pyridine rings is 1. The monoisotopic (exact) mass is 343 g/mol. The highest BCUT2D eigenvalue weighted by molar-refractivity contribution is 6.12. The molecule has 0 saturated heterocycles. The van der Waals surface area contributed by atoms with E-state index in [1.165, 1.54) is 0 Å². The fourth-order valence-electron chi connectivity index (χ4n) is 3.71. The van der Waals surface area contributed by atoms with Gasteiger partial charge in [0.15, 0.2) is 11.4 Å². The van der Waals surface area contributed by atoms with Crippen LogP contribution in [0.4, 0.5) is 5.69 Å². The SMILES string of the molecule is [2H]c1c(C)c([2H])c(-c2c(C)cc(C)c3c2oc2cc([N+]#[C-])ccc23)[n+](C)c1C. The molecule has 0 aliphatic heterocycles. The molecule has 4 aromatic rings. The predicted octanol–water partition coefficient (Wildman–Crippen LogP) is 5.86. The molecule has 0 saturated carbocycles. The van der Waals surface area contributed by atoms with Crippen LogP contribution < -0.4 is 4.57 Å². The number of rotatable bonds is 1. The van der Waals surface area contributed by atoms with Gasteiger partial charge >= 0.3 is 0 Å². The minimum Gasteiger partial charge on any atom is -0.456 e. The maximum Gasteiger partial charge on any atom is 0.216 e. The number of nitrogens with zero attached hydrogens (tertiary/aromatic N) is 2. The summed E-state index contributed by atoms with van der Waals surface area (Å²) in [7, 11) is 1.89. The van der Waals surface area contributed by atoms with Crippen molar-refractivity contribution in [2.75, 3.05) is 0 Å². The second-order valence-corrected chi connectivity index (χ2v) is 6.85. The van der Waals surface area contributed by atoms with Gasteiger partial charge in [0, 0.05) is 29.8 Å². The molecule has 2 aromatic carbocycles. The van der Waals surface area contributed by atoms with Crippen LogP contribution in [0.15, 0.2) is 40.8 Å². The lowest BCUT2D eigenvalue weighted by molar-refractivity contribution is -0.666. The number of aromatic nitrogens is 1. The number of furan rings is 1. The van der Waals surface area contributed by atoms with Crippen molar-refractivity contribution in [2.45, 2.75) is 27.7 Å². The summed E-state index contributed by atoms with van der Waals surface area (Å²) in [6.07, 6.45) is 0. The molecule has 3 heteroatoms. The van der Waals surface area contributed by atoms with Crippen molar-refractivity contribution in [1.82, 2.24) is 0 Å². The van der Waals surface area contributed by atoms with Crippen LogP contribution in [-0.4, -0.2) is 0 Å². The van der Waals surface area contributed by atoms with E-state index in [9.17, 15) is 0 Å². The van der Waals surface area contributed by atoms with Crippen LogP contribution in [0, 0.1) is 34.3 Å². The molecule has 0 N–H and O–H groups in total. The van der Waals surface area contributed by atoms with Crippen LogP contribution in [0.25, 0.3) is 38.0 Å². The molecule has 0 aliphatic carbocycles. The number of hydrogen-bond acceptors (Lipinski definition) is 1. The molecule has 128 valence electrons. The van der Waals surface area contributed by atoms with E-state index in [1.54, 1.807) is 6.07 Å². The van der Waals surface area contributed by atoms with Crippen molar-refractivity contribution in [1.29, 1.82) is 0 Å². The van der Waals surface area contributed by atoms with Crippen molar-refractivity contribution in [3.05, 3.63) is 70.2 Å². The molecule has 4 rings (SSSR count). The quantitative estimate of drug-likeness (QED) is 0.313. The minimum absolute atomic E-state index is 0.341. The zero-order valence-corrected chi connectivity index (χ0v) is 15.6. The normalized spacial score (nSPS) is 12.3. The molecule has 26 heavy (non-hydrogen) atoms. The summed E-state index contributed by atoms with van der Waals surface area (Å²) in [5, 5.41) is 1.98. The topological polar surface area (TPSA) is 21.4 Å². The van der Waals surface area contributed by atoms with E-state index in [-0.39, 0.29) is 0 Å². The lowest BCUT2D eigenvalue weighted by Crippen LogP contribution is -2.35. The Kier molecular flexibility index (Phi) is 3.09. The van der Waals surface area contributed by atoms with Gasteiger partial charge in [0.05, 0.1) is 14.9 Å². The molecular weight excluding hydrogens is 320 g/mol. The van der Waals surface area contributed by atoms with Gasteiger partial charge in [-0.1, -0.05) is 18.2 Å². The Morgan fingerprint density at radius 3 is 2.58 bits per heavy atom. The van der Waals surface area contributed by atoms with Crippen molar-refractivity contribution >= 4 is 27.6 Å². The Balaban J connectivity index is 2.22. The van der Waals surface area contributed by atoms with Gasteiger partial charge in [0.1, 0.15) is 18.2 Å². The largest absolute Gasteiger partial charge is 0.456 e. The molecule has 0 atom stereocenters. The third-order valence-electron chi connectivity index (χ3n) is 5.00. The van der Waals surface area contributed by atoms with Crippen LogP contribution >= 0.6 is 0 Å². The number of hydrogen-bond donors (Lipinski definition) is 0. The Labute approximate surface area is 156 Å². The predicted molar refractivity (Wildman–Crippen MR) is 106 cm³/mol. The second kappa shape index (κ2) is 5.71. The summed E-state index contributed by atoms with van der Waals surface area (Å²) in [5.41, 5.74) is 7.17. The average Bonchev–Trinajstić information content (AvgIpc) is 3.05. The summed E-state index contributed by atoms with van der Waals surface area (Å²) < 4.78 is 25.2. The van der Waals surface area contributed by atoms with Gasteiger partial charge in [-0.15, -0.1) is 0 Å². The number of aryl methyl sites for hydroxylation is 2. The van der Waals surface area contributed by atoms with Gasteiger partial charge in [0.2, 0.25) is 5.69 Å². The minimum atomic E-state index is 0.341. The Bertz CT molecular complexity index is 1310. The van der Waals surface area contributed by atoms with E-state index in [0.717, 1.165) is 44.4 Å². The smallest absolute Gasteiger partial charge is 0.216 e. The lowest BCUT2D eigenvalue weighted by atomic mass is 9.96. The van der Waals surface area contributed by atoms with Crippen LogP contribution in [0.5, 0.6) is 0 Å². The fourth-order valence-corrected chi connectivity index (χ4v) is 3.71. The third-order valence-corrected chi connectivity index (χ3v) is 5.00. The second-order valence-electron chi connectivity index (χ2n) is 6.85. The first kappa shape index (κ1) is 14.1. The van der Waals surface area contributed by atoms with Gasteiger partial charge in [0.25, 0.3) is 0 Å². The van der Waals surface area contributed by atoms with Crippen LogP contribution in [0.3, 0.4) is 0 Å². The molecule has 0 amide bonds. The summed E-state index contributed by atoms with van der Waals surface area (Å²) in [5.74, 6) is 0. The van der Waals surface area contributed by atoms with Gasteiger partial charge < -0.3 is 4.42 Å². The summed E-state index contributed by atoms with van der Waals surface area (Å²) in [6, 6.07) is 8.37. The van der Waals surface area contributed by atoms with E-state index in [2.05, 4.69) is 17.8 Å². The van der Waals surface area contributed by atoms with Gasteiger partial charge in [-0.3, -0.25) is 0 Å². The maximum atomic E-state index is 8.71. The summed E-state index contributed by atoms with van der Waals surface area (Å²) in [4.78, 5) is 3.51. The number of fused-ring (bicyclic) bond motifs is 3.